The maximum atomic E-state index is 6.43. The van der Waals surface area contributed by atoms with Crippen LogP contribution in [0.2, 0.25) is 5.02 Å². The van der Waals surface area contributed by atoms with Crippen LogP contribution in [0.1, 0.15) is 29.9 Å². The van der Waals surface area contributed by atoms with Crippen LogP contribution < -0.4 is 5.32 Å². The first-order valence-corrected chi connectivity index (χ1v) is 7.86. The molecule has 1 aromatic carbocycles. The molecule has 1 aromatic heterocycles. The van der Waals surface area contributed by atoms with Gasteiger partial charge in [0.25, 0.3) is 0 Å². The summed E-state index contributed by atoms with van der Waals surface area (Å²) in [5.74, 6) is 0. The van der Waals surface area contributed by atoms with E-state index in [0.29, 0.717) is 0 Å². The van der Waals surface area contributed by atoms with Gasteiger partial charge in [-0.15, -0.1) is 0 Å². The van der Waals surface area contributed by atoms with Gasteiger partial charge >= 0.3 is 0 Å². The van der Waals surface area contributed by atoms with Gasteiger partial charge in [-0.2, -0.15) is 5.10 Å². The van der Waals surface area contributed by atoms with Gasteiger partial charge in [-0.3, -0.25) is 4.68 Å². The molecule has 5 heteroatoms. The van der Waals surface area contributed by atoms with Crippen molar-refractivity contribution in [1.82, 2.24) is 15.1 Å². The number of likely N-dealkylation sites (N-methyl/N-ethyl adjacent to an activating group) is 1. The number of halogens is 2. The van der Waals surface area contributed by atoms with E-state index in [0.717, 1.165) is 33.7 Å². The molecule has 1 N–H and O–H groups in total. The number of hydrogen-bond donors (Lipinski definition) is 1. The van der Waals surface area contributed by atoms with Crippen LogP contribution in [-0.2, 0) is 13.5 Å². The van der Waals surface area contributed by atoms with Crippen molar-refractivity contribution in [2.24, 2.45) is 7.05 Å². The first-order chi connectivity index (χ1) is 9.52. The van der Waals surface area contributed by atoms with E-state index in [4.69, 9.17) is 11.6 Å². The second kappa shape index (κ2) is 6.74. The van der Waals surface area contributed by atoms with Crippen molar-refractivity contribution in [1.29, 1.82) is 0 Å². The van der Waals surface area contributed by atoms with Gasteiger partial charge < -0.3 is 5.32 Å². The fourth-order valence-electron chi connectivity index (χ4n) is 2.39. The quantitative estimate of drug-likeness (QED) is 0.876. The lowest BCUT2D eigenvalue weighted by Gasteiger charge is -2.20. The molecule has 0 bridgehead atoms. The summed E-state index contributed by atoms with van der Waals surface area (Å²) >= 11 is 9.92. The Hall–Kier alpha value is -0.840. The molecule has 108 valence electrons. The Labute approximate surface area is 133 Å². The monoisotopic (exact) mass is 355 g/mol. The Balaban J connectivity index is 2.31. The summed E-state index contributed by atoms with van der Waals surface area (Å²) in [5, 5.41) is 8.69. The van der Waals surface area contributed by atoms with Crippen molar-refractivity contribution in [3.8, 4) is 0 Å². The summed E-state index contributed by atoms with van der Waals surface area (Å²) in [7, 11) is 1.98. The Morgan fingerprint density at radius 3 is 2.80 bits per heavy atom. The van der Waals surface area contributed by atoms with E-state index in [1.54, 1.807) is 0 Å². The van der Waals surface area contributed by atoms with Crippen molar-refractivity contribution in [3.63, 3.8) is 0 Å². The highest BCUT2D eigenvalue weighted by molar-refractivity contribution is 9.10. The van der Waals surface area contributed by atoms with Gasteiger partial charge in [0, 0.05) is 29.7 Å². The molecule has 0 saturated carbocycles. The summed E-state index contributed by atoms with van der Waals surface area (Å²) in [4.78, 5) is 0. The summed E-state index contributed by atoms with van der Waals surface area (Å²) in [6.07, 6.45) is 0.862. The van der Waals surface area contributed by atoms with Crippen molar-refractivity contribution in [2.75, 3.05) is 6.54 Å². The average Bonchev–Trinajstić information content (AvgIpc) is 2.71. The van der Waals surface area contributed by atoms with E-state index in [2.05, 4.69) is 45.4 Å². The highest BCUT2D eigenvalue weighted by Crippen LogP contribution is 2.31. The summed E-state index contributed by atoms with van der Waals surface area (Å²) in [6, 6.07) is 8.35. The van der Waals surface area contributed by atoms with Crippen LogP contribution in [0.15, 0.2) is 28.7 Å². The predicted octanol–water partition coefficient (Wildman–Crippen LogP) is 4.04. The number of aromatic nitrogens is 2. The molecule has 1 atom stereocenters. The van der Waals surface area contributed by atoms with Crippen LogP contribution in [-0.4, -0.2) is 16.3 Å². The van der Waals surface area contributed by atoms with Crippen molar-refractivity contribution in [3.05, 3.63) is 50.7 Å². The average molecular weight is 357 g/mol. The van der Waals surface area contributed by atoms with E-state index < -0.39 is 0 Å². The molecule has 1 unspecified atom stereocenters. The van der Waals surface area contributed by atoms with E-state index in [9.17, 15) is 0 Å². The minimum absolute atomic E-state index is 0.180. The minimum Gasteiger partial charge on any atom is -0.310 e. The van der Waals surface area contributed by atoms with E-state index >= 15 is 0 Å². The predicted molar refractivity (Wildman–Crippen MR) is 87.2 cm³/mol. The third-order valence-corrected chi connectivity index (χ3v) is 4.63. The van der Waals surface area contributed by atoms with Crippen molar-refractivity contribution >= 4 is 27.5 Å². The molecule has 0 aliphatic rings. The van der Waals surface area contributed by atoms with Gasteiger partial charge in [-0.05, 0) is 47.1 Å². The zero-order valence-electron chi connectivity index (χ0n) is 12.0. The van der Waals surface area contributed by atoms with Crippen molar-refractivity contribution < 1.29 is 0 Å². The summed E-state index contributed by atoms with van der Waals surface area (Å²) in [6.45, 7) is 5.01. The largest absolute Gasteiger partial charge is 0.310 e. The normalized spacial score (nSPS) is 12.7. The maximum absolute atomic E-state index is 6.43. The van der Waals surface area contributed by atoms with Crippen LogP contribution in [0, 0.1) is 6.92 Å². The van der Waals surface area contributed by atoms with Crippen LogP contribution in [0.3, 0.4) is 0 Å². The van der Waals surface area contributed by atoms with E-state index in [1.807, 2.05) is 30.8 Å². The van der Waals surface area contributed by atoms with Gasteiger partial charge in [0.05, 0.1) is 10.7 Å². The third kappa shape index (κ3) is 3.43. The lowest BCUT2D eigenvalue weighted by atomic mass is 10.0. The molecule has 0 saturated heterocycles. The first kappa shape index (κ1) is 15.5. The Morgan fingerprint density at radius 1 is 1.45 bits per heavy atom. The zero-order chi connectivity index (χ0) is 14.7. The Morgan fingerprint density at radius 2 is 2.20 bits per heavy atom. The van der Waals surface area contributed by atoms with E-state index in [1.165, 1.54) is 5.69 Å². The minimum atomic E-state index is 0.180. The number of hydrogen-bond acceptors (Lipinski definition) is 2. The number of nitrogens with zero attached hydrogens (tertiary/aromatic N) is 2. The third-order valence-electron chi connectivity index (χ3n) is 3.32. The molecule has 0 aliphatic carbocycles. The summed E-state index contributed by atoms with van der Waals surface area (Å²) in [5.41, 5.74) is 3.35. The number of aryl methyl sites for hydroxylation is 2. The standard InChI is InChI=1S/C15H19BrClN3/c1-4-18-14(9-11-8-10(2)19-20(11)3)12-6-5-7-13(16)15(12)17/h5-8,14,18H,4,9H2,1-3H3. The molecule has 3 nitrogen and oxygen atoms in total. The molecule has 0 spiro atoms. The molecule has 0 amide bonds. The molecule has 2 rings (SSSR count). The van der Waals surface area contributed by atoms with E-state index in [-0.39, 0.29) is 6.04 Å². The maximum Gasteiger partial charge on any atom is 0.0596 e. The lowest BCUT2D eigenvalue weighted by molar-refractivity contribution is 0.528. The molecule has 0 fully saturated rings. The Kier molecular flexibility index (Phi) is 5.24. The molecule has 2 aromatic rings. The zero-order valence-corrected chi connectivity index (χ0v) is 14.3. The fourth-order valence-corrected chi connectivity index (χ4v) is 3.03. The van der Waals surface area contributed by atoms with Crippen LogP contribution in [0.4, 0.5) is 0 Å². The molecular formula is C15H19BrClN3. The van der Waals surface area contributed by atoms with Crippen LogP contribution in [0.25, 0.3) is 0 Å². The Bertz CT molecular complexity index is 595. The molecule has 20 heavy (non-hydrogen) atoms. The first-order valence-electron chi connectivity index (χ1n) is 6.69. The van der Waals surface area contributed by atoms with Crippen LogP contribution >= 0.6 is 27.5 Å². The fraction of sp³-hybridized carbons (Fsp3) is 0.400. The number of rotatable bonds is 5. The number of nitrogens with one attached hydrogen (secondary N) is 1. The van der Waals surface area contributed by atoms with Gasteiger partial charge in [0.15, 0.2) is 0 Å². The lowest BCUT2D eigenvalue weighted by Crippen LogP contribution is -2.24. The SMILES string of the molecule is CCNC(Cc1cc(C)nn1C)c1cccc(Br)c1Cl. The molecule has 1 heterocycles. The topological polar surface area (TPSA) is 29.9 Å². The van der Waals surface area contributed by atoms with Crippen molar-refractivity contribution in [2.45, 2.75) is 26.3 Å². The van der Waals surface area contributed by atoms with Gasteiger partial charge in [-0.25, -0.2) is 0 Å². The second-order valence-electron chi connectivity index (χ2n) is 4.86. The molecule has 0 radical (unpaired) electrons. The highest BCUT2D eigenvalue weighted by Gasteiger charge is 2.17. The smallest absolute Gasteiger partial charge is 0.0596 e. The second-order valence-corrected chi connectivity index (χ2v) is 6.09. The molecule has 0 aliphatic heterocycles. The summed E-state index contributed by atoms with van der Waals surface area (Å²) < 4.78 is 2.87. The highest BCUT2D eigenvalue weighted by atomic mass is 79.9. The van der Waals surface area contributed by atoms with Crippen LogP contribution in [0.5, 0.6) is 0 Å². The van der Waals surface area contributed by atoms with Gasteiger partial charge in [0.1, 0.15) is 0 Å². The number of benzene rings is 1. The van der Waals surface area contributed by atoms with Gasteiger partial charge in [-0.1, -0.05) is 30.7 Å². The molecular weight excluding hydrogens is 338 g/mol. The van der Waals surface area contributed by atoms with Gasteiger partial charge in [0.2, 0.25) is 0 Å².